The van der Waals surface area contributed by atoms with E-state index in [1.807, 2.05) is 12.1 Å². The second-order valence-corrected chi connectivity index (χ2v) is 7.78. The summed E-state index contributed by atoms with van der Waals surface area (Å²) in [4.78, 5) is 31.7. The molecule has 2 aromatic carbocycles. The van der Waals surface area contributed by atoms with Crippen LogP contribution in [0.2, 0.25) is 0 Å². The van der Waals surface area contributed by atoms with Crippen LogP contribution >= 0.6 is 18.9 Å². The highest BCUT2D eigenvalue weighted by molar-refractivity contribution is 7.52. The quantitative estimate of drug-likeness (QED) is 0.533. The number of phenolic OH excluding ortho intramolecular Hbond substituents is 1. The minimum absolute atomic E-state index is 0.0290. The lowest BCUT2D eigenvalue weighted by atomic mass is 10.1. The molecule has 0 bridgehead atoms. The molecule has 1 amide bonds. The Morgan fingerprint density at radius 1 is 1.08 bits per heavy atom. The Bertz CT molecular complexity index is 948. The third kappa shape index (κ3) is 3.20. The van der Waals surface area contributed by atoms with Gasteiger partial charge in [0.15, 0.2) is 5.78 Å². The Hall–Kier alpha value is -2.18. The van der Waals surface area contributed by atoms with Crippen molar-refractivity contribution < 1.29 is 24.3 Å². The maximum absolute atomic E-state index is 12.5. The van der Waals surface area contributed by atoms with Crippen LogP contribution < -0.4 is 5.32 Å². The summed E-state index contributed by atoms with van der Waals surface area (Å²) in [6.45, 7) is 0. The van der Waals surface area contributed by atoms with Crippen molar-refractivity contribution in [3.8, 4) is 5.75 Å². The highest BCUT2D eigenvalue weighted by Gasteiger charge is 2.34. The number of aromatic hydroxyl groups is 1. The first-order valence-electron chi connectivity index (χ1n) is 6.98. The van der Waals surface area contributed by atoms with Gasteiger partial charge in [0.1, 0.15) is 5.75 Å². The number of hydrogen-bond acceptors (Lipinski definition) is 4. The molecule has 24 heavy (non-hydrogen) atoms. The predicted octanol–water partition coefficient (Wildman–Crippen LogP) is 3.21. The van der Waals surface area contributed by atoms with Crippen LogP contribution in [0.25, 0.3) is 10.1 Å². The summed E-state index contributed by atoms with van der Waals surface area (Å²) in [6, 6.07) is 13.0. The van der Waals surface area contributed by atoms with E-state index in [0.29, 0.717) is 10.9 Å². The number of amides is 1. The third-order valence-electron chi connectivity index (χ3n) is 3.56. The summed E-state index contributed by atoms with van der Waals surface area (Å²) in [7, 11) is -4.73. The summed E-state index contributed by atoms with van der Waals surface area (Å²) >= 11 is 1.37. The standard InChI is InChI=1S/C16H14NO5PS/c18-13-7-3-1-6-11(13)16(23(20,21)22)17-15(19)12-9-24-14-8-4-2-5-10(12)14/h1-9,16,18H,(H,17,19)(H2,20,21,22)/t16-/m0/s1. The topological polar surface area (TPSA) is 107 Å². The summed E-state index contributed by atoms with van der Waals surface area (Å²) in [5, 5.41) is 14.6. The molecule has 0 aliphatic heterocycles. The van der Waals surface area contributed by atoms with E-state index < -0.39 is 19.3 Å². The minimum Gasteiger partial charge on any atom is -0.508 e. The molecule has 0 unspecified atom stereocenters. The Labute approximate surface area is 141 Å². The fourth-order valence-electron chi connectivity index (χ4n) is 2.42. The Kier molecular flexibility index (Phi) is 4.43. The largest absolute Gasteiger partial charge is 0.508 e. The van der Waals surface area contributed by atoms with Gasteiger partial charge < -0.3 is 20.2 Å². The lowest BCUT2D eigenvalue weighted by molar-refractivity contribution is 0.0944. The molecule has 1 heterocycles. The van der Waals surface area contributed by atoms with E-state index in [2.05, 4.69) is 5.32 Å². The molecule has 0 fully saturated rings. The van der Waals surface area contributed by atoms with Crippen molar-refractivity contribution in [2.75, 3.05) is 0 Å². The zero-order valence-electron chi connectivity index (χ0n) is 12.3. The second kappa shape index (κ2) is 6.37. The number of hydrogen-bond donors (Lipinski definition) is 4. The van der Waals surface area contributed by atoms with Crippen LogP contribution in [0.1, 0.15) is 21.7 Å². The fourth-order valence-corrected chi connectivity index (χ4v) is 4.22. The van der Waals surface area contributed by atoms with Gasteiger partial charge in [-0.15, -0.1) is 11.3 Å². The molecule has 6 nitrogen and oxygen atoms in total. The first kappa shape index (κ1) is 16.7. The van der Waals surface area contributed by atoms with Crippen molar-refractivity contribution in [3.63, 3.8) is 0 Å². The zero-order valence-corrected chi connectivity index (χ0v) is 14.0. The molecule has 3 rings (SSSR count). The van der Waals surface area contributed by atoms with E-state index in [9.17, 15) is 24.3 Å². The molecule has 124 valence electrons. The van der Waals surface area contributed by atoms with Crippen molar-refractivity contribution in [2.24, 2.45) is 0 Å². The van der Waals surface area contributed by atoms with Crippen molar-refractivity contribution in [2.45, 2.75) is 5.78 Å². The number of carbonyl (C=O) groups is 1. The fraction of sp³-hybridized carbons (Fsp3) is 0.0625. The van der Waals surface area contributed by atoms with Gasteiger partial charge in [-0.3, -0.25) is 9.36 Å². The van der Waals surface area contributed by atoms with Gasteiger partial charge in [0, 0.05) is 21.0 Å². The van der Waals surface area contributed by atoms with Crippen LogP contribution in [0, 0.1) is 0 Å². The molecule has 0 radical (unpaired) electrons. The van der Waals surface area contributed by atoms with Gasteiger partial charge in [-0.05, 0) is 12.1 Å². The van der Waals surface area contributed by atoms with E-state index in [-0.39, 0.29) is 11.3 Å². The zero-order chi connectivity index (χ0) is 17.3. The molecule has 0 saturated carbocycles. The number of phenols is 1. The van der Waals surface area contributed by atoms with E-state index in [0.717, 1.165) is 4.70 Å². The molecule has 0 aliphatic carbocycles. The molecule has 1 atom stereocenters. The van der Waals surface area contributed by atoms with Gasteiger partial charge >= 0.3 is 7.60 Å². The smallest absolute Gasteiger partial charge is 0.352 e. The summed E-state index contributed by atoms with van der Waals surface area (Å²) in [5.41, 5.74) is 0.309. The number of thiophene rings is 1. The second-order valence-electron chi connectivity index (χ2n) is 5.17. The molecule has 0 aliphatic rings. The Morgan fingerprint density at radius 2 is 1.75 bits per heavy atom. The molecule has 1 aromatic heterocycles. The van der Waals surface area contributed by atoms with Crippen LogP contribution in [0.4, 0.5) is 0 Å². The number of fused-ring (bicyclic) bond motifs is 1. The molecule has 4 N–H and O–H groups in total. The third-order valence-corrected chi connectivity index (χ3v) is 5.60. The molecule has 0 saturated heterocycles. The number of nitrogens with one attached hydrogen (secondary N) is 1. The molecule has 0 spiro atoms. The number of carbonyl (C=O) groups excluding carboxylic acids is 1. The normalized spacial score (nSPS) is 12.9. The molecular weight excluding hydrogens is 349 g/mol. The SMILES string of the molecule is O=C(N[C@H](c1ccccc1O)P(=O)(O)O)c1csc2ccccc12. The van der Waals surface area contributed by atoms with Crippen molar-refractivity contribution in [1.29, 1.82) is 0 Å². The van der Waals surface area contributed by atoms with Crippen LogP contribution in [-0.2, 0) is 4.57 Å². The van der Waals surface area contributed by atoms with Gasteiger partial charge in [-0.1, -0.05) is 36.4 Å². The Balaban J connectivity index is 1.98. The van der Waals surface area contributed by atoms with Crippen LogP contribution in [-0.4, -0.2) is 20.8 Å². The highest BCUT2D eigenvalue weighted by atomic mass is 32.1. The summed E-state index contributed by atoms with van der Waals surface area (Å²) in [6.07, 6.45) is 0. The van der Waals surface area contributed by atoms with Gasteiger partial charge in [0.25, 0.3) is 5.91 Å². The summed E-state index contributed by atoms with van der Waals surface area (Å²) < 4.78 is 12.7. The lowest BCUT2D eigenvalue weighted by Gasteiger charge is -2.21. The lowest BCUT2D eigenvalue weighted by Crippen LogP contribution is -2.28. The van der Waals surface area contributed by atoms with E-state index in [1.165, 1.54) is 35.6 Å². The van der Waals surface area contributed by atoms with Crippen molar-refractivity contribution >= 4 is 34.9 Å². The molecule has 8 heteroatoms. The minimum atomic E-state index is -4.73. The van der Waals surface area contributed by atoms with Crippen molar-refractivity contribution in [1.82, 2.24) is 5.32 Å². The predicted molar refractivity (Wildman–Crippen MR) is 92.2 cm³/mol. The first-order chi connectivity index (χ1) is 11.4. The van der Waals surface area contributed by atoms with Crippen LogP contribution in [0.15, 0.2) is 53.9 Å². The summed E-state index contributed by atoms with van der Waals surface area (Å²) in [5.74, 6) is -2.52. The Morgan fingerprint density at radius 3 is 2.46 bits per heavy atom. The van der Waals surface area contributed by atoms with Gasteiger partial charge in [-0.2, -0.15) is 0 Å². The number of benzene rings is 2. The molecular formula is C16H14NO5PS. The highest BCUT2D eigenvalue weighted by Crippen LogP contribution is 2.52. The van der Waals surface area contributed by atoms with Gasteiger partial charge in [0.05, 0.1) is 5.56 Å². The maximum atomic E-state index is 12.5. The monoisotopic (exact) mass is 363 g/mol. The van der Waals surface area contributed by atoms with Crippen LogP contribution in [0.5, 0.6) is 5.75 Å². The average Bonchev–Trinajstić information content (AvgIpc) is 2.96. The maximum Gasteiger partial charge on any atom is 0.352 e. The van der Waals surface area contributed by atoms with Crippen molar-refractivity contribution in [3.05, 3.63) is 65.0 Å². The molecule has 3 aromatic rings. The van der Waals surface area contributed by atoms with Gasteiger partial charge in [0.2, 0.25) is 0 Å². The van der Waals surface area contributed by atoms with E-state index in [4.69, 9.17) is 0 Å². The number of para-hydroxylation sites is 1. The van der Waals surface area contributed by atoms with E-state index in [1.54, 1.807) is 17.5 Å². The number of rotatable bonds is 4. The van der Waals surface area contributed by atoms with E-state index >= 15 is 0 Å². The van der Waals surface area contributed by atoms with Crippen LogP contribution in [0.3, 0.4) is 0 Å². The van der Waals surface area contributed by atoms with Gasteiger partial charge in [-0.25, -0.2) is 0 Å². The average molecular weight is 363 g/mol. The first-order valence-corrected chi connectivity index (χ1v) is 9.54.